The molecule has 14 heavy (non-hydrogen) atoms. The predicted molar refractivity (Wildman–Crippen MR) is 61.7 cm³/mol. The second kappa shape index (κ2) is 5.71. The Balaban J connectivity index is 4.12. The number of nitrogens with zero attached hydrogens (tertiary/aromatic N) is 1. The highest BCUT2D eigenvalue weighted by atomic mass is 79.9. The number of carbonyl (C=O) groups is 1. The van der Waals surface area contributed by atoms with Crippen molar-refractivity contribution in [3.8, 4) is 0 Å². The van der Waals surface area contributed by atoms with Crippen molar-refractivity contribution in [2.75, 3.05) is 19.0 Å². The minimum Gasteiger partial charge on any atom is -0.369 e. The second-order valence-corrected chi connectivity index (χ2v) is 4.82. The SMILES string of the molecule is CC(C)OCC(=O)N(C)C(C)(C)CBr. The van der Waals surface area contributed by atoms with Gasteiger partial charge in [-0.2, -0.15) is 0 Å². The first-order valence-electron chi connectivity index (χ1n) is 4.75. The van der Waals surface area contributed by atoms with Crippen molar-refractivity contribution >= 4 is 21.8 Å². The third kappa shape index (κ3) is 4.42. The van der Waals surface area contributed by atoms with Crippen LogP contribution < -0.4 is 0 Å². The maximum atomic E-state index is 11.6. The molecule has 1 amide bonds. The number of hydrogen-bond acceptors (Lipinski definition) is 2. The van der Waals surface area contributed by atoms with E-state index in [0.717, 1.165) is 5.33 Å². The maximum Gasteiger partial charge on any atom is 0.248 e. The van der Waals surface area contributed by atoms with Gasteiger partial charge in [0.2, 0.25) is 5.91 Å². The molecule has 0 rings (SSSR count). The van der Waals surface area contributed by atoms with Crippen molar-refractivity contribution in [3.63, 3.8) is 0 Å². The summed E-state index contributed by atoms with van der Waals surface area (Å²) in [5.74, 6) is 0.0168. The van der Waals surface area contributed by atoms with Gasteiger partial charge >= 0.3 is 0 Å². The number of likely N-dealkylation sites (N-methyl/N-ethyl adjacent to an activating group) is 1. The molecule has 0 radical (unpaired) electrons. The van der Waals surface area contributed by atoms with Gasteiger partial charge in [0.15, 0.2) is 0 Å². The van der Waals surface area contributed by atoms with Crippen LogP contribution in [0.15, 0.2) is 0 Å². The summed E-state index contributed by atoms with van der Waals surface area (Å²) in [6, 6.07) is 0. The van der Waals surface area contributed by atoms with Crippen LogP contribution in [0.2, 0.25) is 0 Å². The summed E-state index contributed by atoms with van der Waals surface area (Å²) in [4.78, 5) is 13.3. The molecule has 4 heteroatoms. The van der Waals surface area contributed by atoms with E-state index in [2.05, 4.69) is 15.9 Å². The van der Waals surface area contributed by atoms with Crippen molar-refractivity contribution in [2.24, 2.45) is 0 Å². The molecule has 0 fully saturated rings. The van der Waals surface area contributed by atoms with Gasteiger partial charge in [0.1, 0.15) is 6.61 Å². The van der Waals surface area contributed by atoms with Gasteiger partial charge < -0.3 is 9.64 Å². The van der Waals surface area contributed by atoms with Crippen LogP contribution in [0, 0.1) is 0 Å². The van der Waals surface area contributed by atoms with Crippen molar-refractivity contribution < 1.29 is 9.53 Å². The molecule has 0 spiro atoms. The molecule has 0 saturated heterocycles. The maximum absolute atomic E-state index is 11.6. The van der Waals surface area contributed by atoms with Gasteiger partial charge in [-0.3, -0.25) is 4.79 Å². The lowest BCUT2D eigenvalue weighted by atomic mass is 10.1. The molecule has 0 unspecified atom stereocenters. The second-order valence-electron chi connectivity index (χ2n) is 4.26. The molecule has 0 N–H and O–H groups in total. The molecular formula is C10H20BrNO2. The topological polar surface area (TPSA) is 29.5 Å². The van der Waals surface area contributed by atoms with E-state index in [-0.39, 0.29) is 24.2 Å². The first-order chi connectivity index (χ1) is 6.31. The quantitative estimate of drug-likeness (QED) is 0.713. The molecule has 0 aromatic carbocycles. The first-order valence-corrected chi connectivity index (χ1v) is 5.87. The molecule has 0 atom stereocenters. The monoisotopic (exact) mass is 265 g/mol. The zero-order valence-corrected chi connectivity index (χ0v) is 11.2. The molecule has 0 bridgehead atoms. The van der Waals surface area contributed by atoms with Gasteiger partial charge in [0, 0.05) is 17.9 Å². The number of hydrogen-bond donors (Lipinski definition) is 0. The Bertz CT molecular complexity index is 193. The van der Waals surface area contributed by atoms with Gasteiger partial charge in [0.25, 0.3) is 0 Å². The van der Waals surface area contributed by atoms with E-state index < -0.39 is 0 Å². The standard InChI is InChI=1S/C10H20BrNO2/c1-8(2)14-6-9(13)12(5)10(3,4)7-11/h8H,6-7H2,1-5H3. The van der Waals surface area contributed by atoms with E-state index >= 15 is 0 Å². The zero-order chi connectivity index (χ0) is 11.4. The summed E-state index contributed by atoms with van der Waals surface area (Å²) in [6.07, 6.45) is 0.0967. The Labute approximate surface area is 94.9 Å². The molecule has 0 aliphatic carbocycles. The minimum absolute atomic E-state index is 0.0168. The highest BCUT2D eigenvalue weighted by Gasteiger charge is 2.26. The lowest BCUT2D eigenvalue weighted by molar-refractivity contribution is -0.140. The Morgan fingerprint density at radius 1 is 1.50 bits per heavy atom. The van der Waals surface area contributed by atoms with Crippen molar-refractivity contribution in [3.05, 3.63) is 0 Å². The smallest absolute Gasteiger partial charge is 0.248 e. The highest BCUT2D eigenvalue weighted by molar-refractivity contribution is 9.09. The molecule has 0 aliphatic rings. The molecule has 3 nitrogen and oxygen atoms in total. The highest BCUT2D eigenvalue weighted by Crippen LogP contribution is 2.15. The van der Waals surface area contributed by atoms with Crippen LogP contribution in [0.1, 0.15) is 27.7 Å². The van der Waals surface area contributed by atoms with Crippen LogP contribution in [0.5, 0.6) is 0 Å². The largest absolute Gasteiger partial charge is 0.369 e. The molecule has 0 aromatic rings. The average molecular weight is 266 g/mol. The molecule has 0 heterocycles. The lowest BCUT2D eigenvalue weighted by Gasteiger charge is -2.34. The summed E-state index contributed by atoms with van der Waals surface area (Å²) >= 11 is 3.39. The number of amides is 1. The Kier molecular flexibility index (Phi) is 5.67. The van der Waals surface area contributed by atoms with Gasteiger partial charge in [-0.25, -0.2) is 0 Å². The lowest BCUT2D eigenvalue weighted by Crippen LogP contribution is -2.47. The van der Waals surface area contributed by atoms with Gasteiger partial charge in [0.05, 0.1) is 6.10 Å². The zero-order valence-electron chi connectivity index (χ0n) is 9.63. The fourth-order valence-corrected chi connectivity index (χ4v) is 1.14. The number of alkyl halides is 1. The van der Waals surface area contributed by atoms with Crippen molar-refractivity contribution in [2.45, 2.75) is 39.3 Å². The Hall–Kier alpha value is -0.0900. The van der Waals surface area contributed by atoms with Crippen molar-refractivity contribution in [1.82, 2.24) is 4.90 Å². The first kappa shape index (κ1) is 13.9. The van der Waals surface area contributed by atoms with Crippen molar-refractivity contribution in [1.29, 1.82) is 0 Å². The summed E-state index contributed by atoms with van der Waals surface area (Å²) < 4.78 is 5.26. The molecular weight excluding hydrogens is 246 g/mol. The Morgan fingerprint density at radius 3 is 2.36 bits per heavy atom. The number of ether oxygens (including phenoxy) is 1. The fraction of sp³-hybridized carbons (Fsp3) is 0.900. The van der Waals surface area contributed by atoms with E-state index in [0.29, 0.717) is 0 Å². The number of carbonyl (C=O) groups excluding carboxylic acids is 1. The Morgan fingerprint density at radius 2 is 2.00 bits per heavy atom. The number of rotatable bonds is 5. The molecule has 0 saturated carbocycles. The van der Waals surface area contributed by atoms with Gasteiger partial charge in [-0.05, 0) is 27.7 Å². The van der Waals surface area contributed by atoms with E-state index in [1.54, 1.807) is 11.9 Å². The third-order valence-electron chi connectivity index (χ3n) is 2.15. The van der Waals surface area contributed by atoms with Crippen LogP contribution in [0.4, 0.5) is 0 Å². The summed E-state index contributed by atoms with van der Waals surface area (Å²) in [5.41, 5.74) is -0.169. The predicted octanol–water partition coefficient (Wildman–Crippen LogP) is 2.04. The van der Waals surface area contributed by atoms with Crippen LogP contribution >= 0.6 is 15.9 Å². The molecule has 84 valence electrons. The van der Waals surface area contributed by atoms with Gasteiger partial charge in [-0.15, -0.1) is 0 Å². The van der Waals surface area contributed by atoms with E-state index in [1.807, 2.05) is 27.7 Å². The summed E-state index contributed by atoms with van der Waals surface area (Å²) in [5, 5.41) is 0.754. The van der Waals surface area contributed by atoms with Crippen LogP contribution in [0.3, 0.4) is 0 Å². The fourth-order valence-electron chi connectivity index (χ4n) is 0.762. The number of halogens is 1. The summed E-state index contributed by atoms with van der Waals surface area (Å²) in [6.45, 7) is 8.01. The normalized spacial score (nSPS) is 11.9. The molecule has 0 aromatic heterocycles. The van der Waals surface area contributed by atoms with E-state index in [4.69, 9.17) is 4.74 Å². The average Bonchev–Trinajstić information content (AvgIpc) is 2.12. The third-order valence-corrected chi connectivity index (χ3v) is 3.52. The van der Waals surface area contributed by atoms with Gasteiger partial charge in [-0.1, -0.05) is 15.9 Å². The minimum atomic E-state index is -0.169. The molecule has 0 aliphatic heterocycles. The van der Waals surface area contributed by atoms with Crippen LogP contribution in [-0.4, -0.2) is 41.4 Å². The van der Waals surface area contributed by atoms with E-state index in [1.165, 1.54) is 0 Å². The summed E-state index contributed by atoms with van der Waals surface area (Å²) in [7, 11) is 1.80. The van der Waals surface area contributed by atoms with Crippen LogP contribution in [0.25, 0.3) is 0 Å². The van der Waals surface area contributed by atoms with E-state index in [9.17, 15) is 4.79 Å². The van der Waals surface area contributed by atoms with Crippen LogP contribution in [-0.2, 0) is 9.53 Å².